The van der Waals surface area contributed by atoms with Gasteiger partial charge < -0.3 is 19.8 Å². The molecule has 41 heavy (non-hydrogen) atoms. The van der Waals surface area contributed by atoms with E-state index in [2.05, 4.69) is 24.5 Å². The van der Waals surface area contributed by atoms with Gasteiger partial charge in [-0.1, -0.05) is 23.7 Å². The predicted molar refractivity (Wildman–Crippen MR) is 157 cm³/mol. The highest BCUT2D eigenvalue weighted by atomic mass is 35.5. The van der Waals surface area contributed by atoms with Crippen molar-refractivity contribution < 1.29 is 22.9 Å². The van der Waals surface area contributed by atoms with E-state index in [9.17, 15) is 13.4 Å². The molecule has 1 fully saturated rings. The number of anilines is 1. The molecule has 2 N–H and O–H groups in total. The van der Waals surface area contributed by atoms with E-state index >= 15 is 0 Å². The van der Waals surface area contributed by atoms with Crippen molar-refractivity contribution in [1.82, 2.24) is 9.97 Å². The summed E-state index contributed by atoms with van der Waals surface area (Å²) in [5.41, 5.74) is 1.68. The van der Waals surface area contributed by atoms with Gasteiger partial charge in [0.1, 0.15) is 11.4 Å². The molecule has 1 aliphatic rings. The van der Waals surface area contributed by atoms with Crippen molar-refractivity contribution in [3.8, 4) is 11.5 Å². The minimum atomic E-state index is -2.20. The summed E-state index contributed by atoms with van der Waals surface area (Å²) in [7, 11) is -2.20. The number of hydrogen-bond donors (Lipinski definition) is 2. The first-order valence-corrected chi connectivity index (χ1v) is 15.5. The van der Waals surface area contributed by atoms with Gasteiger partial charge in [-0.05, 0) is 37.1 Å². The van der Waals surface area contributed by atoms with Crippen LogP contribution in [0, 0.1) is 12.4 Å². The second kappa shape index (κ2) is 11.9. The number of aromatic nitrogens is 2. The number of nitrogens with zero attached hydrogens (tertiary/aromatic N) is 3. The zero-order chi connectivity index (χ0) is 29.1. The SMILES string of the molecule is [C-]#[N+]c1cnc2[nH]cc(C(=O)c3ccc(Oc4ccccc4F)cc3Cl)c2c1N[C@@H]1CC[C@@H](CN=S(C)(C)=O)OC1. The largest absolute Gasteiger partial charge is 0.454 e. The molecule has 0 bridgehead atoms. The zero-order valence-electron chi connectivity index (χ0n) is 22.3. The Morgan fingerprint density at radius 2 is 2.10 bits per heavy atom. The zero-order valence-corrected chi connectivity index (χ0v) is 23.9. The van der Waals surface area contributed by atoms with Gasteiger partial charge in [0.15, 0.2) is 17.3 Å². The van der Waals surface area contributed by atoms with Crippen LogP contribution in [0.15, 0.2) is 59.2 Å². The average molecular weight is 596 g/mol. The number of carbonyl (C=O) groups excluding carboxylic acids is 1. The molecule has 0 spiro atoms. The highest BCUT2D eigenvalue weighted by Crippen LogP contribution is 2.38. The van der Waals surface area contributed by atoms with Crippen LogP contribution in [0.3, 0.4) is 0 Å². The van der Waals surface area contributed by atoms with Crippen LogP contribution in [0.4, 0.5) is 15.8 Å². The molecule has 2 aromatic carbocycles. The van der Waals surface area contributed by atoms with Crippen LogP contribution >= 0.6 is 11.6 Å². The fourth-order valence-corrected chi connectivity index (χ4v) is 5.35. The van der Waals surface area contributed by atoms with E-state index in [1.165, 1.54) is 30.5 Å². The molecule has 3 heterocycles. The number of carbonyl (C=O) groups is 1. The molecule has 0 amide bonds. The lowest BCUT2D eigenvalue weighted by atomic mass is 10.0. The third-order valence-corrected chi connectivity index (χ3v) is 7.69. The van der Waals surface area contributed by atoms with E-state index in [4.69, 9.17) is 27.6 Å². The normalized spacial score (nSPS) is 17.1. The third kappa shape index (κ3) is 6.51. The maximum atomic E-state index is 14.0. The summed E-state index contributed by atoms with van der Waals surface area (Å²) in [6.07, 6.45) is 7.50. The van der Waals surface area contributed by atoms with Crippen LogP contribution in [0.25, 0.3) is 15.9 Å². The number of benzene rings is 2. The molecule has 212 valence electrons. The van der Waals surface area contributed by atoms with E-state index < -0.39 is 15.5 Å². The first-order valence-electron chi connectivity index (χ1n) is 12.8. The molecular weight excluding hydrogens is 569 g/mol. The number of ketones is 1. The highest BCUT2D eigenvalue weighted by Gasteiger charge is 2.26. The van der Waals surface area contributed by atoms with Crippen molar-refractivity contribution in [2.24, 2.45) is 4.36 Å². The second-order valence-corrected chi connectivity index (χ2v) is 13.0. The van der Waals surface area contributed by atoms with Crippen molar-refractivity contribution in [1.29, 1.82) is 0 Å². The van der Waals surface area contributed by atoms with E-state index in [1.807, 2.05) is 0 Å². The molecule has 2 aromatic heterocycles. The predicted octanol–water partition coefficient (Wildman–Crippen LogP) is 6.62. The van der Waals surface area contributed by atoms with Crippen molar-refractivity contribution in [3.05, 3.63) is 88.2 Å². The van der Waals surface area contributed by atoms with Crippen molar-refractivity contribution in [2.45, 2.75) is 25.0 Å². The minimum Gasteiger partial charge on any atom is -0.454 e. The van der Waals surface area contributed by atoms with Gasteiger partial charge in [0.05, 0.1) is 42.1 Å². The average Bonchev–Trinajstić information content (AvgIpc) is 3.38. The number of aromatic amines is 1. The Morgan fingerprint density at radius 1 is 1.29 bits per heavy atom. The van der Waals surface area contributed by atoms with Gasteiger partial charge in [-0.3, -0.25) is 9.00 Å². The Kier molecular flexibility index (Phi) is 8.26. The van der Waals surface area contributed by atoms with Gasteiger partial charge >= 0.3 is 0 Å². The standard InChI is InChI=1S/C29H27ClFN5O4S/c1-32-24-15-34-29-26(27(24)36-17-8-9-19(39-16-17)13-35-41(2,3)38)21(14-33-29)28(37)20-11-10-18(12-22(20)30)40-25-7-5-4-6-23(25)31/h4-7,10-12,14-15,17,19H,8-9,13,16H2,2-3H3,(H2,33,34,36)/t17-,19+/m1/s1. The Hall–Kier alpha value is -3.98. The molecule has 2 atom stereocenters. The molecule has 0 saturated carbocycles. The molecule has 0 aliphatic carbocycles. The van der Waals surface area contributed by atoms with Crippen LogP contribution in [-0.4, -0.2) is 57.8 Å². The van der Waals surface area contributed by atoms with Gasteiger partial charge in [0.2, 0.25) is 5.69 Å². The van der Waals surface area contributed by atoms with Crippen molar-refractivity contribution in [3.63, 3.8) is 0 Å². The molecule has 1 aliphatic heterocycles. The van der Waals surface area contributed by atoms with Crippen LogP contribution in [0.2, 0.25) is 5.02 Å². The number of fused-ring (bicyclic) bond motifs is 1. The van der Waals surface area contributed by atoms with E-state index in [0.29, 0.717) is 41.9 Å². The highest BCUT2D eigenvalue weighted by molar-refractivity contribution is 7.92. The number of hydrogen-bond acceptors (Lipinski definition) is 7. The van der Waals surface area contributed by atoms with Crippen LogP contribution < -0.4 is 10.1 Å². The van der Waals surface area contributed by atoms with Gasteiger partial charge in [-0.2, -0.15) is 0 Å². The number of nitrogens with one attached hydrogen (secondary N) is 2. The van der Waals surface area contributed by atoms with Crippen LogP contribution in [0.5, 0.6) is 11.5 Å². The van der Waals surface area contributed by atoms with Crippen molar-refractivity contribution >= 4 is 49.5 Å². The number of H-pyrrole nitrogens is 1. The fraction of sp³-hybridized carbons (Fsp3) is 0.276. The summed E-state index contributed by atoms with van der Waals surface area (Å²) >= 11 is 6.49. The van der Waals surface area contributed by atoms with E-state index in [0.717, 1.165) is 6.42 Å². The van der Waals surface area contributed by atoms with Crippen LogP contribution in [0.1, 0.15) is 28.8 Å². The summed E-state index contributed by atoms with van der Waals surface area (Å²) in [4.78, 5) is 24.7. The Balaban J connectivity index is 1.40. The molecule has 0 radical (unpaired) electrons. The topological polar surface area (TPSA) is 110 Å². The van der Waals surface area contributed by atoms with Gasteiger partial charge in [-0.25, -0.2) is 18.6 Å². The number of pyridine rings is 1. The van der Waals surface area contributed by atoms with Gasteiger partial charge in [0, 0.05) is 57.7 Å². The number of halogens is 2. The lowest BCUT2D eigenvalue weighted by molar-refractivity contribution is 0.0159. The third-order valence-electron chi connectivity index (χ3n) is 6.60. The molecule has 4 aromatic rings. The fourth-order valence-electron chi connectivity index (χ4n) is 4.57. The maximum Gasteiger partial charge on any atom is 0.228 e. The van der Waals surface area contributed by atoms with E-state index in [1.54, 1.807) is 36.9 Å². The summed E-state index contributed by atoms with van der Waals surface area (Å²) in [6, 6.07) is 10.4. The smallest absolute Gasteiger partial charge is 0.228 e. The Morgan fingerprint density at radius 3 is 2.78 bits per heavy atom. The lowest BCUT2D eigenvalue weighted by Crippen LogP contribution is -2.36. The molecule has 12 heteroatoms. The molecule has 1 saturated heterocycles. The van der Waals surface area contributed by atoms with E-state index in [-0.39, 0.29) is 45.7 Å². The summed E-state index contributed by atoms with van der Waals surface area (Å²) in [6.45, 7) is 8.43. The molecule has 5 rings (SSSR count). The van der Waals surface area contributed by atoms with Gasteiger partial charge in [-0.15, -0.1) is 0 Å². The summed E-state index contributed by atoms with van der Waals surface area (Å²) < 4.78 is 41.6. The summed E-state index contributed by atoms with van der Waals surface area (Å²) in [5.74, 6) is -0.587. The Labute approximate surface area is 242 Å². The lowest BCUT2D eigenvalue weighted by Gasteiger charge is -2.30. The first kappa shape index (κ1) is 28.5. The maximum absolute atomic E-state index is 14.0. The minimum absolute atomic E-state index is 0.0375. The first-order chi connectivity index (χ1) is 19.6. The molecule has 0 unspecified atom stereocenters. The quantitative estimate of drug-likeness (QED) is 0.175. The molecule has 9 nitrogen and oxygen atoms in total. The Bertz CT molecular complexity index is 1780. The number of para-hydroxylation sites is 1. The monoisotopic (exact) mass is 595 g/mol. The van der Waals surface area contributed by atoms with Crippen LogP contribution in [-0.2, 0) is 14.5 Å². The molecular formula is C29H27ClFN5O4S. The second-order valence-electron chi connectivity index (χ2n) is 9.93. The van der Waals surface area contributed by atoms with Gasteiger partial charge in [0.25, 0.3) is 0 Å². The van der Waals surface area contributed by atoms with Crippen molar-refractivity contribution in [2.75, 3.05) is 31.0 Å². The summed E-state index contributed by atoms with van der Waals surface area (Å²) in [5, 5.41) is 4.00. The number of ether oxygens (including phenoxy) is 2. The number of rotatable bonds is 8.